The molecule has 0 aliphatic carbocycles. The summed E-state index contributed by atoms with van der Waals surface area (Å²) in [6.45, 7) is 3.86. The van der Waals surface area contributed by atoms with E-state index in [1.165, 1.54) is 0 Å². The number of rotatable bonds is 5. The van der Waals surface area contributed by atoms with E-state index in [-0.39, 0.29) is 0 Å². The molecule has 0 saturated carbocycles. The Balaban J connectivity index is 2.87. The molecule has 0 amide bonds. The van der Waals surface area contributed by atoms with Gasteiger partial charge in [0.05, 0.1) is 11.7 Å². The molecule has 0 aliphatic heterocycles. The molecule has 1 N–H and O–H groups in total. The normalized spacial score (nSPS) is 16.6. The molecule has 2 unspecified atom stereocenters. The first kappa shape index (κ1) is 14.8. The predicted molar refractivity (Wildman–Crippen MR) is 71.9 cm³/mol. The maximum Gasteiger partial charge on any atom is 0.0909 e. The van der Waals surface area contributed by atoms with Crippen LogP contribution in [0.15, 0.2) is 18.2 Å². The van der Waals surface area contributed by atoms with Crippen LogP contribution in [-0.2, 0) is 11.2 Å². The van der Waals surface area contributed by atoms with Gasteiger partial charge in [0.15, 0.2) is 0 Å². The summed E-state index contributed by atoms with van der Waals surface area (Å²) in [5, 5.41) is 11.4. The van der Waals surface area contributed by atoms with Gasteiger partial charge in [0, 0.05) is 23.6 Å². The molecule has 0 radical (unpaired) electrons. The average Bonchev–Trinajstić information content (AvgIpc) is 2.32. The summed E-state index contributed by atoms with van der Waals surface area (Å²) >= 11 is 12.0. The van der Waals surface area contributed by atoms with Gasteiger partial charge in [-0.05, 0) is 37.1 Å². The molecular formula is C13H18Cl2O2. The largest absolute Gasteiger partial charge is 0.390 e. The molecule has 2 atom stereocenters. The topological polar surface area (TPSA) is 29.5 Å². The zero-order chi connectivity index (χ0) is 13.1. The van der Waals surface area contributed by atoms with E-state index in [0.29, 0.717) is 16.5 Å². The van der Waals surface area contributed by atoms with E-state index in [1.54, 1.807) is 25.3 Å². The lowest BCUT2D eigenvalue weighted by atomic mass is 9.91. The lowest BCUT2D eigenvalue weighted by Gasteiger charge is -2.32. The Morgan fingerprint density at radius 2 is 2.06 bits per heavy atom. The minimum absolute atomic E-state index is 0.428. The van der Waals surface area contributed by atoms with E-state index in [1.807, 2.05) is 13.8 Å². The van der Waals surface area contributed by atoms with Crippen molar-refractivity contribution in [1.82, 2.24) is 0 Å². The van der Waals surface area contributed by atoms with Crippen molar-refractivity contribution in [3.63, 3.8) is 0 Å². The van der Waals surface area contributed by atoms with Crippen molar-refractivity contribution >= 4 is 23.2 Å². The molecular weight excluding hydrogens is 259 g/mol. The minimum Gasteiger partial charge on any atom is -0.390 e. The van der Waals surface area contributed by atoms with Crippen LogP contribution in [0, 0.1) is 0 Å². The number of aliphatic hydroxyl groups excluding tert-OH is 1. The average molecular weight is 277 g/mol. The van der Waals surface area contributed by atoms with Crippen molar-refractivity contribution in [2.75, 3.05) is 7.11 Å². The standard InChI is InChI=1S/C13H18Cl2O2/c1-4-13(2,17-3)12(16)8-9-7-10(14)5-6-11(9)15/h5-7,12,16H,4,8H2,1-3H3. The fourth-order valence-corrected chi connectivity index (χ4v) is 2.03. The van der Waals surface area contributed by atoms with Gasteiger partial charge in [0.1, 0.15) is 0 Å². The molecule has 96 valence electrons. The number of methoxy groups -OCH3 is 1. The quantitative estimate of drug-likeness (QED) is 0.889. The number of aliphatic hydroxyl groups is 1. The number of hydrogen-bond donors (Lipinski definition) is 1. The van der Waals surface area contributed by atoms with Gasteiger partial charge in [-0.15, -0.1) is 0 Å². The Hall–Kier alpha value is -0.280. The molecule has 2 nitrogen and oxygen atoms in total. The molecule has 17 heavy (non-hydrogen) atoms. The second kappa shape index (κ2) is 6.05. The molecule has 0 saturated heterocycles. The first-order valence-electron chi connectivity index (χ1n) is 5.60. The summed E-state index contributed by atoms with van der Waals surface area (Å²) in [6, 6.07) is 5.25. The van der Waals surface area contributed by atoms with Gasteiger partial charge in [-0.25, -0.2) is 0 Å². The Kier molecular flexibility index (Phi) is 5.26. The maximum atomic E-state index is 10.2. The van der Waals surface area contributed by atoms with E-state index in [0.717, 1.165) is 12.0 Å². The van der Waals surface area contributed by atoms with Crippen LogP contribution in [0.1, 0.15) is 25.8 Å². The third kappa shape index (κ3) is 3.59. The van der Waals surface area contributed by atoms with Crippen LogP contribution in [0.4, 0.5) is 0 Å². The van der Waals surface area contributed by atoms with E-state index >= 15 is 0 Å². The van der Waals surface area contributed by atoms with E-state index in [9.17, 15) is 5.11 Å². The third-order valence-electron chi connectivity index (χ3n) is 3.29. The van der Waals surface area contributed by atoms with Gasteiger partial charge in [-0.3, -0.25) is 0 Å². The molecule has 0 heterocycles. The molecule has 0 spiro atoms. The second-order valence-electron chi connectivity index (χ2n) is 4.33. The highest BCUT2D eigenvalue weighted by molar-refractivity contribution is 6.33. The van der Waals surface area contributed by atoms with Crippen LogP contribution in [0.25, 0.3) is 0 Å². The van der Waals surface area contributed by atoms with E-state index < -0.39 is 11.7 Å². The summed E-state index contributed by atoms with van der Waals surface area (Å²) in [5.74, 6) is 0. The van der Waals surface area contributed by atoms with Gasteiger partial charge in [0.2, 0.25) is 0 Å². The lowest BCUT2D eigenvalue weighted by Crippen LogP contribution is -2.42. The summed E-state index contributed by atoms with van der Waals surface area (Å²) < 4.78 is 5.36. The van der Waals surface area contributed by atoms with E-state index in [4.69, 9.17) is 27.9 Å². The fraction of sp³-hybridized carbons (Fsp3) is 0.538. The fourth-order valence-electron chi connectivity index (χ4n) is 1.64. The molecule has 4 heteroatoms. The van der Waals surface area contributed by atoms with Crippen LogP contribution in [0.3, 0.4) is 0 Å². The molecule has 1 aromatic carbocycles. The van der Waals surface area contributed by atoms with Gasteiger partial charge < -0.3 is 9.84 Å². The van der Waals surface area contributed by atoms with Crippen LogP contribution in [-0.4, -0.2) is 23.9 Å². The van der Waals surface area contributed by atoms with Crippen molar-refractivity contribution in [3.05, 3.63) is 33.8 Å². The van der Waals surface area contributed by atoms with Crippen LogP contribution < -0.4 is 0 Å². The van der Waals surface area contributed by atoms with Crippen LogP contribution >= 0.6 is 23.2 Å². The van der Waals surface area contributed by atoms with Gasteiger partial charge >= 0.3 is 0 Å². The molecule has 0 bridgehead atoms. The van der Waals surface area contributed by atoms with Crippen LogP contribution in [0.5, 0.6) is 0 Å². The summed E-state index contributed by atoms with van der Waals surface area (Å²) in [4.78, 5) is 0. The van der Waals surface area contributed by atoms with Crippen molar-refractivity contribution in [2.45, 2.75) is 38.4 Å². The highest BCUT2D eigenvalue weighted by atomic mass is 35.5. The smallest absolute Gasteiger partial charge is 0.0909 e. The predicted octanol–water partition coefficient (Wildman–Crippen LogP) is 3.71. The van der Waals surface area contributed by atoms with Crippen molar-refractivity contribution in [1.29, 1.82) is 0 Å². The highest BCUT2D eigenvalue weighted by Gasteiger charge is 2.31. The SMILES string of the molecule is CCC(C)(OC)C(O)Cc1cc(Cl)ccc1Cl. The zero-order valence-electron chi connectivity index (χ0n) is 10.3. The van der Waals surface area contributed by atoms with Crippen molar-refractivity contribution < 1.29 is 9.84 Å². The molecule has 1 rings (SSSR count). The van der Waals surface area contributed by atoms with Crippen LogP contribution in [0.2, 0.25) is 10.0 Å². The van der Waals surface area contributed by atoms with Gasteiger partial charge in [-0.2, -0.15) is 0 Å². The first-order valence-corrected chi connectivity index (χ1v) is 6.35. The Bertz CT molecular complexity index is 376. The number of halogens is 2. The van der Waals surface area contributed by atoms with Crippen molar-refractivity contribution in [3.8, 4) is 0 Å². The Labute approximate surface area is 113 Å². The molecule has 1 aromatic rings. The maximum absolute atomic E-state index is 10.2. The van der Waals surface area contributed by atoms with Crippen molar-refractivity contribution in [2.24, 2.45) is 0 Å². The highest BCUT2D eigenvalue weighted by Crippen LogP contribution is 2.27. The Morgan fingerprint density at radius 1 is 1.41 bits per heavy atom. The second-order valence-corrected chi connectivity index (χ2v) is 5.17. The lowest BCUT2D eigenvalue weighted by molar-refractivity contribution is -0.0914. The Morgan fingerprint density at radius 3 is 2.59 bits per heavy atom. The third-order valence-corrected chi connectivity index (χ3v) is 3.90. The molecule has 0 aromatic heterocycles. The monoisotopic (exact) mass is 276 g/mol. The van der Waals surface area contributed by atoms with Gasteiger partial charge in [-0.1, -0.05) is 30.1 Å². The number of hydrogen-bond acceptors (Lipinski definition) is 2. The summed E-state index contributed by atoms with van der Waals surface area (Å²) in [6.07, 6.45) is 0.536. The number of benzene rings is 1. The molecule has 0 aliphatic rings. The zero-order valence-corrected chi connectivity index (χ0v) is 11.8. The minimum atomic E-state index is -0.617. The first-order chi connectivity index (χ1) is 7.92. The summed E-state index contributed by atoms with van der Waals surface area (Å²) in [7, 11) is 1.60. The number of ether oxygens (including phenoxy) is 1. The molecule has 0 fully saturated rings. The van der Waals surface area contributed by atoms with E-state index in [2.05, 4.69) is 0 Å². The summed E-state index contributed by atoms with van der Waals surface area (Å²) in [5.41, 5.74) is 0.273. The van der Waals surface area contributed by atoms with Gasteiger partial charge in [0.25, 0.3) is 0 Å².